The molecule has 0 radical (unpaired) electrons. The zero-order chi connectivity index (χ0) is 17.4. The lowest BCUT2D eigenvalue weighted by atomic mass is 10.1. The quantitative estimate of drug-likeness (QED) is 0.638. The van der Waals surface area contributed by atoms with Gasteiger partial charge >= 0.3 is 5.97 Å². The Bertz CT molecular complexity index is 613. The van der Waals surface area contributed by atoms with Crippen molar-refractivity contribution in [1.29, 1.82) is 0 Å². The van der Waals surface area contributed by atoms with Crippen LogP contribution in [0, 0.1) is 0 Å². The third-order valence-corrected chi connectivity index (χ3v) is 3.67. The van der Waals surface area contributed by atoms with Crippen LogP contribution in [0.3, 0.4) is 0 Å². The standard InChI is InChI=1S/C18H22N2O4/c1-13(21)19-15-10-6-3-7-11-17(22)20-16(12-24-18(15)23)14-8-4-2-5-9-14/h2-6,8-9,15-16H,7,10-12H2,1H3,(H,19,21)(H,20,22)/t15-,16?/m1/s1. The summed E-state index contributed by atoms with van der Waals surface area (Å²) < 4.78 is 5.34. The SMILES string of the molecule is CC(=O)N[C@@H]1CC=CCCC(=O)NC(c2ccccc2)COC1=O. The number of hydrogen-bond donors (Lipinski definition) is 2. The highest BCUT2D eigenvalue weighted by Gasteiger charge is 2.23. The number of ether oxygens (including phenoxy) is 1. The van der Waals surface area contributed by atoms with Crippen LogP contribution in [0.25, 0.3) is 0 Å². The molecule has 0 saturated carbocycles. The Balaban J connectivity index is 2.15. The van der Waals surface area contributed by atoms with Gasteiger partial charge in [-0.1, -0.05) is 42.5 Å². The first-order chi connectivity index (χ1) is 11.6. The first-order valence-electron chi connectivity index (χ1n) is 7.99. The van der Waals surface area contributed by atoms with Gasteiger partial charge in [0.1, 0.15) is 12.6 Å². The summed E-state index contributed by atoms with van der Waals surface area (Å²) in [6.07, 6.45) is 4.90. The van der Waals surface area contributed by atoms with Crippen LogP contribution in [0.2, 0.25) is 0 Å². The van der Waals surface area contributed by atoms with Gasteiger partial charge in [0.05, 0.1) is 6.04 Å². The van der Waals surface area contributed by atoms with Crippen molar-refractivity contribution in [3.63, 3.8) is 0 Å². The number of carbonyl (C=O) groups is 3. The van der Waals surface area contributed by atoms with E-state index >= 15 is 0 Å². The van der Waals surface area contributed by atoms with E-state index in [4.69, 9.17) is 4.74 Å². The molecule has 2 rings (SSSR count). The molecule has 0 fully saturated rings. The summed E-state index contributed by atoms with van der Waals surface area (Å²) in [6.45, 7) is 1.38. The number of rotatable bonds is 2. The third-order valence-electron chi connectivity index (χ3n) is 3.67. The van der Waals surface area contributed by atoms with Gasteiger partial charge in [-0.2, -0.15) is 0 Å². The van der Waals surface area contributed by atoms with Crippen LogP contribution in [0.4, 0.5) is 0 Å². The van der Waals surface area contributed by atoms with Crippen LogP contribution in [0.15, 0.2) is 42.5 Å². The van der Waals surface area contributed by atoms with Crippen LogP contribution in [-0.4, -0.2) is 30.4 Å². The van der Waals surface area contributed by atoms with E-state index in [-0.39, 0.29) is 18.4 Å². The molecule has 2 atom stereocenters. The van der Waals surface area contributed by atoms with Crippen molar-refractivity contribution in [3.05, 3.63) is 48.0 Å². The molecule has 24 heavy (non-hydrogen) atoms. The number of allylic oxidation sites excluding steroid dienone is 1. The molecular formula is C18H22N2O4. The molecule has 6 nitrogen and oxygen atoms in total. The van der Waals surface area contributed by atoms with Crippen molar-refractivity contribution < 1.29 is 19.1 Å². The third kappa shape index (κ3) is 5.53. The summed E-state index contributed by atoms with van der Waals surface area (Å²) in [5.41, 5.74) is 0.863. The van der Waals surface area contributed by atoms with Crippen molar-refractivity contribution >= 4 is 17.8 Å². The largest absolute Gasteiger partial charge is 0.462 e. The number of benzene rings is 1. The van der Waals surface area contributed by atoms with Gasteiger partial charge in [-0.25, -0.2) is 4.79 Å². The predicted molar refractivity (Wildman–Crippen MR) is 88.9 cm³/mol. The highest BCUT2D eigenvalue weighted by molar-refractivity contribution is 5.83. The number of carbonyl (C=O) groups excluding carboxylic acids is 3. The van der Waals surface area contributed by atoms with Gasteiger partial charge < -0.3 is 15.4 Å². The minimum atomic E-state index is -0.717. The highest BCUT2D eigenvalue weighted by Crippen LogP contribution is 2.15. The normalized spacial score (nSPS) is 22.5. The summed E-state index contributed by atoms with van der Waals surface area (Å²) in [4.78, 5) is 35.5. The predicted octanol–water partition coefficient (Wildman–Crippen LogP) is 1.63. The maximum Gasteiger partial charge on any atom is 0.329 e. The first kappa shape index (κ1) is 17.7. The molecule has 1 heterocycles. The molecule has 128 valence electrons. The molecule has 1 unspecified atom stereocenters. The van der Waals surface area contributed by atoms with Crippen molar-refractivity contribution in [3.8, 4) is 0 Å². The summed E-state index contributed by atoms with van der Waals surface area (Å²) in [7, 11) is 0. The number of nitrogens with one attached hydrogen (secondary N) is 2. The zero-order valence-electron chi connectivity index (χ0n) is 13.7. The number of esters is 1. The first-order valence-corrected chi connectivity index (χ1v) is 7.99. The molecule has 0 aliphatic carbocycles. The van der Waals surface area contributed by atoms with Crippen LogP contribution < -0.4 is 10.6 Å². The molecule has 0 saturated heterocycles. The Kier molecular flexibility index (Phi) is 6.54. The molecular weight excluding hydrogens is 308 g/mol. The lowest BCUT2D eigenvalue weighted by Gasteiger charge is -2.22. The smallest absolute Gasteiger partial charge is 0.329 e. The van der Waals surface area contributed by atoms with Gasteiger partial charge in [0.25, 0.3) is 0 Å². The van der Waals surface area contributed by atoms with E-state index in [9.17, 15) is 14.4 Å². The van der Waals surface area contributed by atoms with Gasteiger partial charge in [0, 0.05) is 13.3 Å². The fourth-order valence-electron chi connectivity index (χ4n) is 2.46. The Labute approximate surface area is 141 Å². The number of cyclic esters (lactones) is 1. The molecule has 1 aromatic carbocycles. The fourth-order valence-corrected chi connectivity index (χ4v) is 2.46. The Morgan fingerprint density at radius 3 is 2.67 bits per heavy atom. The topological polar surface area (TPSA) is 84.5 Å². The molecule has 2 amide bonds. The lowest BCUT2D eigenvalue weighted by Crippen LogP contribution is -2.42. The molecule has 1 aromatic rings. The Hall–Kier alpha value is -2.63. The zero-order valence-corrected chi connectivity index (χ0v) is 13.7. The Morgan fingerprint density at radius 2 is 1.96 bits per heavy atom. The fraction of sp³-hybridized carbons (Fsp3) is 0.389. The van der Waals surface area contributed by atoms with E-state index in [1.807, 2.05) is 36.4 Å². The summed E-state index contributed by atoms with van der Waals surface area (Å²) in [5, 5.41) is 5.48. The van der Waals surface area contributed by atoms with Crippen LogP contribution in [0.1, 0.15) is 37.8 Å². The van der Waals surface area contributed by atoms with E-state index < -0.39 is 18.1 Å². The molecule has 1 aliphatic heterocycles. The number of hydrogen-bond acceptors (Lipinski definition) is 4. The van der Waals surface area contributed by atoms with Crippen molar-refractivity contribution in [2.45, 2.75) is 38.3 Å². The van der Waals surface area contributed by atoms with Crippen LogP contribution >= 0.6 is 0 Å². The minimum absolute atomic E-state index is 0.0222. The van der Waals surface area contributed by atoms with E-state index in [1.54, 1.807) is 6.08 Å². The van der Waals surface area contributed by atoms with Crippen LogP contribution in [0.5, 0.6) is 0 Å². The maximum absolute atomic E-state index is 12.2. The minimum Gasteiger partial charge on any atom is -0.462 e. The van der Waals surface area contributed by atoms with Gasteiger partial charge in [-0.15, -0.1) is 0 Å². The van der Waals surface area contributed by atoms with Gasteiger partial charge in [-0.05, 0) is 18.4 Å². The van der Waals surface area contributed by atoms with E-state index in [2.05, 4.69) is 10.6 Å². The maximum atomic E-state index is 12.2. The van der Waals surface area contributed by atoms with E-state index in [0.29, 0.717) is 19.3 Å². The van der Waals surface area contributed by atoms with Crippen molar-refractivity contribution in [2.75, 3.05) is 6.61 Å². The average molecular weight is 330 g/mol. The van der Waals surface area contributed by atoms with Crippen LogP contribution in [-0.2, 0) is 19.1 Å². The van der Waals surface area contributed by atoms with Gasteiger partial charge in [0.15, 0.2) is 0 Å². The summed E-state index contributed by atoms with van der Waals surface area (Å²) >= 11 is 0. The average Bonchev–Trinajstić information content (AvgIpc) is 2.56. The lowest BCUT2D eigenvalue weighted by molar-refractivity contribution is -0.148. The molecule has 1 aliphatic rings. The molecule has 0 spiro atoms. The second-order valence-corrected chi connectivity index (χ2v) is 5.66. The second-order valence-electron chi connectivity index (χ2n) is 5.66. The summed E-state index contributed by atoms with van der Waals surface area (Å²) in [5.74, 6) is -0.889. The second kappa shape index (κ2) is 8.86. The molecule has 0 bridgehead atoms. The van der Waals surface area contributed by atoms with Gasteiger partial charge in [0.2, 0.25) is 11.8 Å². The monoisotopic (exact) mass is 330 g/mol. The highest BCUT2D eigenvalue weighted by atomic mass is 16.5. The van der Waals surface area contributed by atoms with Crippen molar-refractivity contribution in [1.82, 2.24) is 10.6 Å². The Morgan fingerprint density at radius 1 is 1.21 bits per heavy atom. The molecule has 6 heteroatoms. The van der Waals surface area contributed by atoms with Gasteiger partial charge in [-0.3, -0.25) is 9.59 Å². The van der Waals surface area contributed by atoms with E-state index in [1.165, 1.54) is 6.92 Å². The van der Waals surface area contributed by atoms with E-state index in [0.717, 1.165) is 5.56 Å². The summed E-state index contributed by atoms with van der Waals surface area (Å²) in [6, 6.07) is 8.22. The number of amides is 2. The molecule has 2 N–H and O–H groups in total. The molecule has 0 aromatic heterocycles. The van der Waals surface area contributed by atoms with Crippen molar-refractivity contribution in [2.24, 2.45) is 0 Å².